The van der Waals surface area contributed by atoms with Gasteiger partial charge in [-0.1, -0.05) is 6.07 Å². The molecule has 0 aliphatic carbocycles. The van der Waals surface area contributed by atoms with Crippen molar-refractivity contribution in [3.8, 4) is 0 Å². The van der Waals surface area contributed by atoms with Crippen molar-refractivity contribution >= 4 is 24.0 Å². The Balaban J connectivity index is 0.00000192. The van der Waals surface area contributed by atoms with Crippen molar-refractivity contribution in [2.45, 2.75) is 18.4 Å². The molecule has 3 aromatic rings. The minimum absolute atomic E-state index is 0. The van der Waals surface area contributed by atoms with Crippen LogP contribution in [0.15, 0.2) is 47.7 Å². The highest BCUT2D eigenvalue weighted by molar-refractivity contribution is 5.99. The number of nitrogens with zero attached hydrogens (tertiary/aromatic N) is 4. The molecule has 1 amide bonds. The molecule has 5 rings (SSSR count). The van der Waals surface area contributed by atoms with Gasteiger partial charge in [-0.05, 0) is 30.5 Å². The predicted octanol–water partition coefficient (Wildman–Crippen LogP) is 0.991. The van der Waals surface area contributed by atoms with Crippen LogP contribution in [-0.4, -0.2) is 44.7 Å². The van der Waals surface area contributed by atoms with Crippen LogP contribution in [0, 0.1) is 5.92 Å². The molecule has 3 aromatic heterocycles. The van der Waals surface area contributed by atoms with Gasteiger partial charge in [0.1, 0.15) is 6.33 Å². The molecule has 0 unspecified atom stereocenters. The molecule has 8 nitrogen and oxygen atoms in total. The second-order valence-electron chi connectivity index (χ2n) is 7.27. The van der Waals surface area contributed by atoms with Crippen molar-refractivity contribution < 1.29 is 4.79 Å². The molecule has 5 heterocycles. The van der Waals surface area contributed by atoms with Crippen LogP contribution in [0.2, 0.25) is 0 Å². The third-order valence-corrected chi connectivity index (χ3v) is 5.74. The lowest BCUT2D eigenvalue weighted by Crippen LogP contribution is -2.50. The number of fused-ring (bicyclic) bond motifs is 5. The minimum atomic E-state index is -0.204. The maximum atomic E-state index is 12.8. The number of pyridine rings is 2. The summed E-state index contributed by atoms with van der Waals surface area (Å²) in [4.78, 5) is 25.3. The highest BCUT2D eigenvalue weighted by Crippen LogP contribution is 2.38. The number of carbonyl (C=O) groups excluding carboxylic acids is 1. The predicted molar refractivity (Wildman–Crippen MR) is 106 cm³/mol. The number of halogens is 1. The number of amides is 1. The summed E-state index contributed by atoms with van der Waals surface area (Å²) in [5.41, 5.74) is 2.06. The molecule has 1 saturated heterocycles. The van der Waals surface area contributed by atoms with Crippen molar-refractivity contribution in [2.24, 2.45) is 5.92 Å². The first-order valence-corrected chi connectivity index (χ1v) is 9.21. The van der Waals surface area contributed by atoms with Gasteiger partial charge in [-0.15, -0.1) is 22.6 Å². The fourth-order valence-electron chi connectivity index (χ4n) is 4.49. The van der Waals surface area contributed by atoms with Crippen LogP contribution in [-0.2, 0) is 0 Å². The smallest absolute Gasteiger partial charge is 0.255 e. The monoisotopic (exact) mass is 400 g/mol. The average Bonchev–Trinajstić information content (AvgIpc) is 3.17. The molecule has 0 spiro atoms. The number of nitrogens with one attached hydrogen (secondary N) is 2. The first kappa shape index (κ1) is 18.6. The van der Waals surface area contributed by atoms with Crippen LogP contribution < -0.4 is 16.2 Å². The number of hydrogen-bond acceptors (Lipinski definition) is 5. The van der Waals surface area contributed by atoms with E-state index in [4.69, 9.17) is 0 Å². The van der Waals surface area contributed by atoms with Gasteiger partial charge in [-0.2, -0.15) is 0 Å². The Morgan fingerprint density at radius 2 is 2.14 bits per heavy atom. The van der Waals surface area contributed by atoms with E-state index in [9.17, 15) is 9.59 Å². The molecule has 0 saturated carbocycles. The lowest BCUT2D eigenvalue weighted by Gasteiger charge is -2.43. The molecule has 3 atom stereocenters. The molecule has 0 aromatic carbocycles. The Kier molecular flexibility index (Phi) is 4.91. The Morgan fingerprint density at radius 1 is 1.25 bits per heavy atom. The maximum absolute atomic E-state index is 12.8. The zero-order valence-electron chi connectivity index (χ0n) is 15.1. The van der Waals surface area contributed by atoms with Crippen molar-refractivity contribution in [1.82, 2.24) is 29.8 Å². The molecule has 2 N–H and O–H groups in total. The number of rotatable bonds is 3. The summed E-state index contributed by atoms with van der Waals surface area (Å²) < 4.78 is 3.60. The van der Waals surface area contributed by atoms with E-state index in [0.29, 0.717) is 29.6 Å². The molecular formula is C19H21ClN6O2. The maximum Gasteiger partial charge on any atom is 0.255 e. The summed E-state index contributed by atoms with van der Waals surface area (Å²) in [7, 11) is 0. The summed E-state index contributed by atoms with van der Waals surface area (Å²) >= 11 is 0. The fourth-order valence-corrected chi connectivity index (χ4v) is 4.49. The third kappa shape index (κ3) is 2.98. The topological polar surface area (TPSA) is 93.3 Å². The summed E-state index contributed by atoms with van der Waals surface area (Å²) in [6.07, 6.45) is 4.41. The highest BCUT2D eigenvalue weighted by Gasteiger charge is 2.37. The van der Waals surface area contributed by atoms with Crippen molar-refractivity contribution in [2.75, 3.05) is 19.6 Å². The molecule has 2 aliphatic rings. The second-order valence-corrected chi connectivity index (χ2v) is 7.27. The molecule has 146 valence electrons. The number of carbonyl (C=O) groups is 1. The van der Waals surface area contributed by atoms with Crippen molar-refractivity contribution in [3.63, 3.8) is 0 Å². The second kappa shape index (κ2) is 7.37. The molecule has 28 heavy (non-hydrogen) atoms. The van der Waals surface area contributed by atoms with Gasteiger partial charge in [0.2, 0.25) is 0 Å². The molecule has 0 radical (unpaired) electrons. The molecule has 1 fully saturated rings. The van der Waals surface area contributed by atoms with Crippen LogP contribution >= 0.6 is 12.4 Å². The van der Waals surface area contributed by atoms with Gasteiger partial charge < -0.3 is 15.2 Å². The van der Waals surface area contributed by atoms with E-state index in [2.05, 4.69) is 20.8 Å². The number of aromatic nitrogens is 4. The van der Waals surface area contributed by atoms with E-state index in [1.54, 1.807) is 35.1 Å². The Labute approximate surface area is 167 Å². The summed E-state index contributed by atoms with van der Waals surface area (Å²) in [5.74, 6) is 0.472. The standard InChI is InChI=1S/C19H20N6O2.ClH/c26-17-5-1-4-15-12-7-13(9-20-8-12)16(25(15)17)10-21-19(27)14-3-2-6-24-11-22-23-18(14)24;/h1-6,11-13,16,20H,7-10H2,(H,21,27);1H/t12-,13+,16+;/m1./s1. The van der Waals surface area contributed by atoms with Gasteiger partial charge in [-0.25, -0.2) is 0 Å². The van der Waals surface area contributed by atoms with Crippen molar-refractivity contribution in [1.29, 1.82) is 0 Å². The number of piperidine rings is 1. The van der Waals surface area contributed by atoms with E-state index in [1.807, 2.05) is 16.7 Å². The van der Waals surface area contributed by atoms with Gasteiger partial charge >= 0.3 is 0 Å². The quantitative estimate of drug-likeness (QED) is 0.684. The lowest BCUT2D eigenvalue weighted by molar-refractivity contribution is 0.0933. The lowest BCUT2D eigenvalue weighted by atomic mass is 9.79. The Bertz CT molecular complexity index is 1080. The van der Waals surface area contributed by atoms with Crippen LogP contribution in [0.4, 0.5) is 0 Å². The van der Waals surface area contributed by atoms with Gasteiger partial charge in [0, 0.05) is 43.5 Å². The van der Waals surface area contributed by atoms with Crippen LogP contribution in [0.1, 0.15) is 34.4 Å². The largest absolute Gasteiger partial charge is 0.350 e. The van der Waals surface area contributed by atoms with Crippen LogP contribution in [0.3, 0.4) is 0 Å². The highest BCUT2D eigenvalue weighted by atomic mass is 35.5. The summed E-state index contributed by atoms with van der Waals surface area (Å²) in [5, 5.41) is 14.4. The van der Waals surface area contributed by atoms with Gasteiger partial charge in [0.15, 0.2) is 5.65 Å². The zero-order valence-corrected chi connectivity index (χ0v) is 15.9. The van der Waals surface area contributed by atoms with E-state index >= 15 is 0 Å². The SMILES string of the molecule is Cl.O=C(NC[C@H]1[C@@H]2CNC[C@@H](C2)c2cccc(=O)n21)c1cccn2cnnc12. The van der Waals surface area contributed by atoms with Gasteiger partial charge in [0.25, 0.3) is 11.5 Å². The third-order valence-electron chi connectivity index (χ3n) is 5.74. The molecular weight excluding hydrogens is 380 g/mol. The molecule has 9 heteroatoms. The summed E-state index contributed by atoms with van der Waals surface area (Å²) in [6.45, 7) is 2.16. The Morgan fingerprint density at radius 3 is 3.04 bits per heavy atom. The normalized spacial score (nSPS) is 22.9. The molecule has 2 bridgehead atoms. The van der Waals surface area contributed by atoms with E-state index < -0.39 is 0 Å². The first-order valence-electron chi connectivity index (χ1n) is 9.21. The zero-order chi connectivity index (χ0) is 18.4. The van der Waals surface area contributed by atoms with Crippen LogP contribution in [0.25, 0.3) is 5.65 Å². The van der Waals surface area contributed by atoms with E-state index in [-0.39, 0.29) is 29.9 Å². The van der Waals surface area contributed by atoms with E-state index in [1.165, 1.54) is 0 Å². The fraction of sp³-hybridized carbons (Fsp3) is 0.368. The number of hydrogen-bond donors (Lipinski definition) is 2. The van der Waals surface area contributed by atoms with Crippen LogP contribution in [0.5, 0.6) is 0 Å². The van der Waals surface area contributed by atoms with Gasteiger partial charge in [0.05, 0.1) is 11.6 Å². The van der Waals surface area contributed by atoms with Gasteiger partial charge in [-0.3, -0.25) is 14.0 Å². The average molecular weight is 401 g/mol. The minimum Gasteiger partial charge on any atom is -0.350 e. The first-order chi connectivity index (χ1) is 13.2. The Hall–Kier alpha value is -2.71. The molecule has 2 aliphatic heterocycles. The summed E-state index contributed by atoms with van der Waals surface area (Å²) in [6, 6.07) is 8.93. The van der Waals surface area contributed by atoms with E-state index in [0.717, 1.165) is 25.2 Å². The van der Waals surface area contributed by atoms with Crippen molar-refractivity contribution in [3.05, 3.63) is 64.5 Å².